The van der Waals surface area contributed by atoms with Gasteiger partial charge in [0.15, 0.2) is 5.82 Å². The molecule has 0 unspecified atom stereocenters. The van der Waals surface area contributed by atoms with E-state index in [2.05, 4.69) is 15.5 Å². The number of alkyl halides is 6. The largest absolute Gasteiger partial charge is 0.416 e. The highest BCUT2D eigenvalue weighted by Crippen LogP contribution is 2.36. The zero-order valence-electron chi connectivity index (χ0n) is 14.8. The summed E-state index contributed by atoms with van der Waals surface area (Å²) >= 11 is 0. The second-order valence-corrected chi connectivity index (χ2v) is 6.05. The van der Waals surface area contributed by atoms with Gasteiger partial charge in [0.2, 0.25) is 0 Å². The standard InChI is InChI=1S/C17H10F7N5O/c1-8-26-27-28-29(8)12-2-3-13(18)14(7-12)25-15(30)9-4-10(16(19,20)21)6-11(5-9)17(22,23)24/h2-7H,1H3,(H,25,30). The normalized spacial score (nSPS) is 12.1. The van der Waals surface area contributed by atoms with Crippen molar-refractivity contribution in [2.45, 2.75) is 19.3 Å². The zero-order chi connectivity index (χ0) is 22.3. The molecule has 1 N–H and O–H groups in total. The van der Waals surface area contributed by atoms with Crippen LogP contribution in [0.1, 0.15) is 27.3 Å². The van der Waals surface area contributed by atoms with Gasteiger partial charge in [-0.3, -0.25) is 4.79 Å². The molecule has 0 bridgehead atoms. The Morgan fingerprint density at radius 1 is 0.967 bits per heavy atom. The highest BCUT2D eigenvalue weighted by atomic mass is 19.4. The van der Waals surface area contributed by atoms with Crippen LogP contribution in [0.2, 0.25) is 0 Å². The number of tetrazole rings is 1. The van der Waals surface area contributed by atoms with E-state index in [-0.39, 0.29) is 23.9 Å². The van der Waals surface area contributed by atoms with Gasteiger partial charge in [0, 0.05) is 5.56 Å². The molecule has 0 fully saturated rings. The molecule has 1 aromatic heterocycles. The summed E-state index contributed by atoms with van der Waals surface area (Å²) in [6.45, 7) is 1.53. The van der Waals surface area contributed by atoms with E-state index >= 15 is 0 Å². The van der Waals surface area contributed by atoms with Gasteiger partial charge in [-0.05, 0) is 53.7 Å². The third-order valence-electron chi connectivity index (χ3n) is 3.92. The van der Waals surface area contributed by atoms with Gasteiger partial charge in [0.1, 0.15) is 5.82 Å². The van der Waals surface area contributed by atoms with Crippen LogP contribution in [0.3, 0.4) is 0 Å². The average molecular weight is 433 g/mol. The van der Waals surface area contributed by atoms with Gasteiger partial charge in [0.05, 0.1) is 22.5 Å². The van der Waals surface area contributed by atoms with Gasteiger partial charge in [-0.15, -0.1) is 5.10 Å². The van der Waals surface area contributed by atoms with Crippen LogP contribution < -0.4 is 5.32 Å². The quantitative estimate of drug-likeness (QED) is 0.622. The van der Waals surface area contributed by atoms with Crippen molar-refractivity contribution in [2.75, 3.05) is 5.32 Å². The second-order valence-electron chi connectivity index (χ2n) is 6.05. The SMILES string of the molecule is Cc1nnnn1-c1ccc(F)c(NC(=O)c2cc(C(F)(F)F)cc(C(F)(F)F)c2)c1. The minimum Gasteiger partial charge on any atom is -0.319 e. The summed E-state index contributed by atoms with van der Waals surface area (Å²) in [5.41, 5.74) is -4.56. The van der Waals surface area contributed by atoms with Crippen LogP contribution in [-0.2, 0) is 12.4 Å². The highest BCUT2D eigenvalue weighted by molar-refractivity contribution is 6.04. The van der Waals surface area contributed by atoms with Crippen molar-refractivity contribution in [2.24, 2.45) is 0 Å². The maximum absolute atomic E-state index is 14.1. The lowest BCUT2D eigenvalue weighted by molar-refractivity contribution is -0.143. The molecule has 0 aliphatic rings. The van der Waals surface area contributed by atoms with Crippen LogP contribution in [0.4, 0.5) is 36.4 Å². The molecule has 3 rings (SSSR count). The third kappa shape index (κ3) is 4.39. The minimum absolute atomic E-state index is 0.113. The number of benzene rings is 2. The van der Waals surface area contributed by atoms with E-state index in [1.807, 2.05) is 5.32 Å². The molecule has 30 heavy (non-hydrogen) atoms. The predicted octanol–water partition coefficient (Wildman–Crippen LogP) is 4.40. The molecule has 1 heterocycles. The molecule has 1 amide bonds. The highest BCUT2D eigenvalue weighted by Gasteiger charge is 2.37. The van der Waals surface area contributed by atoms with E-state index < -0.39 is 46.5 Å². The molecule has 0 atom stereocenters. The number of hydrogen-bond donors (Lipinski definition) is 1. The molecule has 13 heteroatoms. The molecular weight excluding hydrogens is 423 g/mol. The van der Waals surface area contributed by atoms with Crippen molar-refractivity contribution in [1.29, 1.82) is 0 Å². The van der Waals surface area contributed by atoms with Crippen molar-refractivity contribution >= 4 is 11.6 Å². The fraction of sp³-hybridized carbons (Fsp3) is 0.176. The van der Waals surface area contributed by atoms with Crippen molar-refractivity contribution in [3.63, 3.8) is 0 Å². The first-order valence-electron chi connectivity index (χ1n) is 8.02. The first kappa shape index (κ1) is 21.2. The van der Waals surface area contributed by atoms with Gasteiger partial charge in [-0.2, -0.15) is 31.0 Å². The first-order chi connectivity index (χ1) is 13.9. The van der Waals surface area contributed by atoms with Crippen LogP contribution in [0.15, 0.2) is 36.4 Å². The Hall–Kier alpha value is -3.51. The summed E-state index contributed by atoms with van der Waals surface area (Å²) in [4.78, 5) is 12.3. The molecule has 0 aliphatic carbocycles. The van der Waals surface area contributed by atoms with E-state index in [0.29, 0.717) is 5.82 Å². The zero-order valence-corrected chi connectivity index (χ0v) is 14.8. The lowest BCUT2D eigenvalue weighted by Crippen LogP contribution is -2.18. The van der Waals surface area contributed by atoms with E-state index in [0.717, 1.165) is 12.1 Å². The van der Waals surface area contributed by atoms with Gasteiger partial charge in [0.25, 0.3) is 5.91 Å². The number of anilines is 1. The lowest BCUT2D eigenvalue weighted by atomic mass is 10.0. The molecule has 0 saturated heterocycles. The Bertz CT molecular complexity index is 1070. The predicted molar refractivity (Wildman–Crippen MR) is 88.2 cm³/mol. The van der Waals surface area contributed by atoms with Gasteiger partial charge in [-0.25, -0.2) is 4.39 Å². The number of amides is 1. The molecule has 0 spiro atoms. The van der Waals surface area contributed by atoms with Crippen molar-refractivity contribution in [3.05, 3.63) is 64.7 Å². The maximum atomic E-state index is 14.1. The van der Waals surface area contributed by atoms with Gasteiger partial charge < -0.3 is 5.32 Å². The minimum atomic E-state index is -5.13. The smallest absolute Gasteiger partial charge is 0.319 e. The van der Waals surface area contributed by atoms with Crippen molar-refractivity contribution in [3.8, 4) is 5.69 Å². The van der Waals surface area contributed by atoms with Crippen LogP contribution in [-0.4, -0.2) is 26.1 Å². The molecule has 3 aromatic rings. The molecular formula is C17H10F7N5O. The third-order valence-corrected chi connectivity index (χ3v) is 3.92. The number of rotatable bonds is 3. The van der Waals surface area contributed by atoms with Crippen molar-refractivity contribution in [1.82, 2.24) is 20.2 Å². The molecule has 6 nitrogen and oxygen atoms in total. The summed E-state index contributed by atoms with van der Waals surface area (Å²) in [6.07, 6.45) is -10.3. The monoisotopic (exact) mass is 433 g/mol. The number of aromatic nitrogens is 4. The Morgan fingerprint density at radius 2 is 1.57 bits per heavy atom. The van der Waals surface area contributed by atoms with E-state index in [1.165, 1.54) is 17.7 Å². The van der Waals surface area contributed by atoms with E-state index in [4.69, 9.17) is 0 Å². The number of nitrogens with one attached hydrogen (secondary N) is 1. The topological polar surface area (TPSA) is 72.7 Å². The van der Waals surface area contributed by atoms with Crippen LogP contribution >= 0.6 is 0 Å². The van der Waals surface area contributed by atoms with Gasteiger partial charge >= 0.3 is 12.4 Å². The number of halogens is 7. The Morgan fingerprint density at radius 3 is 2.07 bits per heavy atom. The Balaban J connectivity index is 1.99. The summed E-state index contributed by atoms with van der Waals surface area (Å²) < 4.78 is 93.0. The fourth-order valence-electron chi connectivity index (χ4n) is 2.49. The first-order valence-corrected chi connectivity index (χ1v) is 8.02. The number of aryl methyl sites for hydroxylation is 1. The molecule has 0 radical (unpaired) electrons. The lowest BCUT2D eigenvalue weighted by Gasteiger charge is -2.14. The van der Waals surface area contributed by atoms with E-state index in [9.17, 15) is 35.5 Å². The summed E-state index contributed by atoms with van der Waals surface area (Å²) in [5.74, 6) is -2.02. The number of carbonyl (C=O) groups is 1. The summed E-state index contributed by atoms with van der Waals surface area (Å²) in [7, 11) is 0. The maximum Gasteiger partial charge on any atom is 0.416 e. The van der Waals surface area contributed by atoms with E-state index in [1.54, 1.807) is 0 Å². The number of hydrogen-bond acceptors (Lipinski definition) is 4. The second kappa shape index (κ2) is 7.39. The van der Waals surface area contributed by atoms with Crippen LogP contribution in [0, 0.1) is 12.7 Å². The van der Waals surface area contributed by atoms with Crippen molar-refractivity contribution < 1.29 is 35.5 Å². The molecule has 0 saturated carbocycles. The Kier molecular flexibility index (Phi) is 5.22. The Labute approximate surface area is 163 Å². The molecule has 2 aromatic carbocycles. The molecule has 0 aliphatic heterocycles. The summed E-state index contributed by atoms with van der Waals surface area (Å²) in [6, 6.07) is 3.66. The summed E-state index contributed by atoms with van der Waals surface area (Å²) in [5, 5.41) is 12.6. The van der Waals surface area contributed by atoms with Crippen LogP contribution in [0.5, 0.6) is 0 Å². The fourth-order valence-corrected chi connectivity index (χ4v) is 2.49. The molecule has 158 valence electrons. The average Bonchev–Trinajstić information content (AvgIpc) is 3.07. The number of nitrogens with zero attached hydrogens (tertiary/aromatic N) is 4. The number of carbonyl (C=O) groups excluding carboxylic acids is 1. The van der Waals surface area contributed by atoms with Gasteiger partial charge in [-0.1, -0.05) is 0 Å². The van der Waals surface area contributed by atoms with Crippen LogP contribution in [0.25, 0.3) is 5.69 Å².